The molecule has 0 atom stereocenters. The maximum Gasteiger partial charge on any atom is 0.236 e. The fourth-order valence-electron chi connectivity index (χ4n) is 8.31. The molecule has 7 heteroatoms. The molecule has 1 aliphatic heterocycles. The summed E-state index contributed by atoms with van der Waals surface area (Å²) in [4.78, 5) is 35.9. The van der Waals surface area contributed by atoms with E-state index < -0.39 is 0 Å². The number of nitrogens with one attached hydrogen (secondary N) is 1. The summed E-state index contributed by atoms with van der Waals surface area (Å²) in [5.74, 6) is 0.441. The van der Waals surface area contributed by atoms with Crippen LogP contribution in [-0.2, 0) is 9.59 Å². The highest BCUT2D eigenvalue weighted by molar-refractivity contribution is 5.80. The average Bonchev–Trinajstić information content (AvgIpc) is 3.21. The van der Waals surface area contributed by atoms with Crippen molar-refractivity contribution in [2.75, 3.05) is 78.5 Å². The minimum absolute atomic E-state index is 0.185. The Hall–Kier alpha value is -1.18. The van der Waals surface area contributed by atoms with E-state index in [0.29, 0.717) is 39.3 Å². The second kappa shape index (κ2) is 40.6. The first kappa shape index (κ1) is 52.8. The van der Waals surface area contributed by atoms with Crippen molar-refractivity contribution in [3.05, 3.63) is 0 Å². The predicted octanol–water partition coefficient (Wildman–Crippen LogP) is 12.0. The van der Waals surface area contributed by atoms with Gasteiger partial charge in [0.2, 0.25) is 11.8 Å². The van der Waals surface area contributed by atoms with Crippen LogP contribution < -0.4 is 5.32 Å². The molecule has 1 N–H and O–H groups in total. The molecule has 0 radical (unpaired) electrons. The van der Waals surface area contributed by atoms with Crippen LogP contribution in [0, 0.1) is 0 Å². The zero-order chi connectivity index (χ0) is 40.6. The lowest BCUT2D eigenvalue weighted by atomic mass is 10.1. The number of piperazine rings is 1. The van der Waals surface area contributed by atoms with Crippen LogP contribution in [0.2, 0.25) is 0 Å². The van der Waals surface area contributed by atoms with Crippen molar-refractivity contribution in [1.82, 2.24) is 24.9 Å². The molecule has 0 aliphatic carbocycles. The number of carbonyl (C=O) groups is 2. The Morgan fingerprint density at radius 2 is 0.679 bits per heavy atom. The topological polar surface area (TPSA) is 59.1 Å². The zero-order valence-corrected chi connectivity index (χ0v) is 38.5. The van der Waals surface area contributed by atoms with E-state index in [2.05, 4.69) is 42.8 Å². The number of rotatable bonds is 42. The molecule has 0 aromatic rings. The van der Waals surface area contributed by atoms with Gasteiger partial charge in [-0.2, -0.15) is 0 Å². The van der Waals surface area contributed by atoms with Gasteiger partial charge in [0, 0.05) is 39.3 Å². The Kier molecular flexibility index (Phi) is 38.3. The molecular weight excluding hydrogens is 691 g/mol. The highest BCUT2D eigenvalue weighted by atomic mass is 16.2. The van der Waals surface area contributed by atoms with Crippen LogP contribution in [0.4, 0.5) is 0 Å². The standard InChI is InChI=1S/C49H99N5O2/c1-5-9-13-17-21-22-23-27-31-35-39-52(41-40-51(37-33-29-25-19-15-11-7-3)38-34-30-26-20-16-12-8-4)47-49(56)54-44-42-53(43-45-54)48(55)46-50-36-32-28-24-18-14-10-6-2/h50H,5-47H2,1-4H3. The fourth-order valence-corrected chi connectivity index (χ4v) is 8.31. The summed E-state index contributed by atoms with van der Waals surface area (Å²) in [7, 11) is 0. The SMILES string of the molecule is CCCCCCCCCCCCN(CCN(CCCCCCCCC)CCCCCCCCC)CC(=O)N1CCN(C(=O)CNCCCCCCCCC)CC1. The molecule has 7 nitrogen and oxygen atoms in total. The molecule has 0 aromatic heterocycles. The monoisotopic (exact) mass is 790 g/mol. The number of nitrogens with zero attached hydrogens (tertiary/aromatic N) is 4. The van der Waals surface area contributed by atoms with Gasteiger partial charge in [-0.25, -0.2) is 0 Å². The first-order valence-electron chi connectivity index (χ1n) is 25.3. The Morgan fingerprint density at radius 1 is 0.375 bits per heavy atom. The zero-order valence-electron chi connectivity index (χ0n) is 38.5. The van der Waals surface area contributed by atoms with E-state index in [1.807, 2.05) is 9.80 Å². The van der Waals surface area contributed by atoms with E-state index in [1.54, 1.807) is 0 Å². The highest BCUT2D eigenvalue weighted by Gasteiger charge is 2.25. The lowest BCUT2D eigenvalue weighted by molar-refractivity contribution is -0.139. The summed E-state index contributed by atoms with van der Waals surface area (Å²) < 4.78 is 0. The van der Waals surface area contributed by atoms with Crippen molar-refractivity contribution in [2.24, 2.45) is 0 Å². The first-order valence-corrected chi connectivity index (χ1v) is 25.3. The van der Waals surface area contributed by atoms with Gasteiger partial charge in [-0.15, -0.1) is 0 Å². The van der Waals surface area contributed by atoms with E-state index in [0.717, 1.165) is 32.6 Å². The smallest absolute Gasteiger partial charge is 0.236 e. The quantitative estimate of drug-likeness (QED) is 0.0624. The molecule has 56 heavy (non-hydrogen) atoms. The van der Waals surface area contributed by atoms with Gasteiger partial charge in [0.15, 0.2) is 0 Å². The summed E-state index contributed by atoms with van der Waals surface area (Å²) in [6.45, 7) is 19.2. The third-order valence-corrected chi connectivity index (χ3v) is 12.3. The highest BCUT2D eigenvalue weighted by Crippen LogP contribution is 2.14. The molecule has 332 valence electrons. The van der Waals surface area contributed by atoms with Crippen LogP contribution in [0.15, 0.2) is 0 Å². The minimum Gasteiger partial charge on any atom is -0.338 e. The summed E-state index contributed by atoms with van der Waals surface area (Å²) in [5, 5.41) is 3.38. The van der Waals surface area contributed by atoms with Gasteiger partial charge in [0.05, 0.1) is 13.1 Å². The third kappa shape index (κ3) is 31.8. The average molecular weight is 790 g/mol. The van der Waals surface area contributed by atoms with Crippen molar-refractivity contribution in [3.8, 4) is 0 Å². The summed E-state index contributed by atoms with van der Waals surface area (Å²) >= 11 is 0. The maximum atomic E-state index is 13.8. The molecule has 1 rings (SSSR count). The largest absolute Gasteiger partial charge is 0.338 e. The van der Waals surface area contributed by atoms with Crippen LogP contribution in [0.25, 0.3) is 0 Å². The molecule has 1 saturated heterocycles. The molecule has 2 amide bonds. The van der Waals surface area contributed by atoms with Gasteiger partial charge in [-0.3, -0.25) is 14.5 Å². The molecule has 0 spiro atoms. The molecule has 1 fully saturated rings. The number of amides is 2. The summed E-state index contributed by atoms with van der Waals surface area (Å²) in [6, 6.07) is 0. The normalized spacial score (nSPS) is 13.5. The van der Waals surface area contributed by atoms with Gasteiger partial charge in [0.1, 0.15) is 0 Å². The van der Waals surface area contributed by atoms with Crippen LogP contribution in [0.5, 0.6) is 0 Å². The Morgan fingerprint density at radius 3 is 1.07 bits per heavy atom. The Labute approximate surface area is 350 Å². The molecule has 0 unspecified atom stereocenters. The molecular formula is C49H99N5O2. The van der Waals surface area contributed by atoms with Crippen LogP contribution in [0.1, 0.15) is 227 Å². The second-order valence-corrected chi connectivity index (χ2v) is 17.6. The van der Waals surface area contributed by atoms with Gasteiger partial charge in [-0.05, 0) is 51.9 Å². The van der Waals surface area contributed by atoms with Crippen LogP contribution in [-0.4, -0.2) is 110 Å². The van der Waals surface area contributed by atoms with Gasteiger partial charge in [0.25, 0.3) is 0 Å². The maximum absolute atomic E-state index is 13.8. The summed E-state index contributed by atoms with van der Waals surface area (Å²) in [6.07, 6.45) is 41.4. The van der Waals surface area contributed by atoms with E-state index in [4.69, 9.17) is 0 Å². The van der Waals surface area contributed by atoms with Crippen molar-refractivity contribution >= 4 is 11.8 Å². The Balaban J connectivity index is 2.62. The minimum atomic E-state index is 0.185. The van der Waals surface area contributed by atoms with Gasteiger partial charge >= 0.3 is 0 Å². The summed E-state index contributed by atoms with van der Waals surface area (Å²) in [5.41, 5.74) is 0. The van der Waals surface area contributed by atoms with E-state index >= 15 is 0 Å². The first-order chi connectivity index (χ1) is 27.5. The number of hydrogen-bond donors (Lipinski definition) is 1. The van der Waals surface area contributed by atoms with Crippen molar-refractivity contribution in [1.29, 1.82) is 0 Å². The lowest BCUT2D eigenvalue weighted by Gasteiger charge is -2.36. The van der Waals surface area contributed by atoms with Crippen molar-refractivity contribution in [3.63, 3.8) is 0 Å². The Bertz CT molecular complexity index is 830. The number of carbonyl (C=O) groups excluding carboxylic acids is 2. The third-order valence-electron chi connectivity index (χ3n) is 12.3. The van der Waals surface area contributed by atoms with E-state index in [9.17, 15) is 9.59 Å². The van der Waals surface area contributed by atoms with E-state index in [1.165, 1.54) is 206 Å². The lowest BCUT2D eigenvalue weighted by Crippen LogP contribution is -2.54. The van der Waals surface area contributed by atoms with Crippen molar-refractivity contribution in [2.45, 2.75) is 227 Å². The van der Waals surface area contributed by atoms with Crippen LogP contribution >= 0.6 is 0 Å². The molecule has 0 aromatic carbocycles. The molecule has 0 bridgehead atoms. The number of unbranched alkanes of at least 4 members (excludes halogenated alkanes) is 27. The molecule has 1 heterocycles. The predicted molar refractivity (Wildman–Crippen MR) is 245 cm³/mol. The molecule has 0 saturated carbocycles. The second-order valence-electron chi connectivity index (χ2n) is 17.6. The van der Waals surface area contributed by atoms with E-state index in [-0.39, 0.29) is 11.8 Å². The van der Waals surface area contributed by atoms with Crippen molar-refractivity contribution < 1.29 is 9.59 Å². The fraction of sp³-hybridized carbons (Fsp3) is 0.959. The van der Waals surface area contributed by atoms with Crippen LogP contribution in [0.3, 0.4) is 0 Å². The number of hydrogen-bond acceptors (Lipinski definition) is 5. The van der Waals surface area contributed by atoms with Gasteiger partial charge in [-0.1, -0.05) is 201 Å². The van der Waals surface area contributed by atoms with Gasteiger partial charge < -0.3 is 20.0 Å². The molecule has 1 aliphatic rings.